The average molecular weight is 225 g/mol. The Morgan fingerprint density at radius 2 is 1.67 bits per heavy atom. The maximum Gasteiger partial charge on any atom is 0.370 e. The Morgan fingerprint density at radius 1 is 1.13 bits per heavy atom. The molecule has 0 radical (unpaired) electrons. The van der Waals surface area contributed by atoms with Crippen LogP contribution >= 0.6 is 0 Å². The molecule has 0 aliphatic rings. The summed E-state index contributed by atoms with van der Waals surface area (Å²) in [5.41, 5.74) is 0. The highest BCUT2D eigenvalue weighted by molar-refractivity contribution is 6.56. The highest BCUT2D eigenvalue weighted by Gasteiger charge is 2.19. The van der Waals surface area contributed by atoms with Crippen LogP contribution < -0.4 is 4.30 Å². The van der Waals surface area contributed by atoms with Crippen LogP contribution in [0.5, 0.6) is 0 Å². The molecule has 0 atom stereocenters. The average Bonchev–Trinajstić information content (AvgIpc) is 2.10. The Morgan fingerprint density at radius 3 is 2.07 bits per heavy atom. The van der Waals surface area contributed by atoms with Gasteiger partial charge in [0.05, 0.1) is 0 Å². The zero-order valence-electron chi connectivity index (χ0n) is 11.1. The third-order valence-electron chi connectivity index (χ3n) is 2.53. The summed E-state index contributed by atoms with van der Waals surface area (Å²) in [5, 5.41) is 2.87. The van der Waals surface area contributed by atoms with Crippen LogP contribution in [0.4, 0.5) is 0 Å². The van der Waals surface area contributed by atoms with Gasteiger partial charge in [0.2, 0.25) is 0 Å². The SMILES string of the molecule is C=CCCC[NH][Al]([CH2]C(C)C)[CH2]C(C)C. The Hall–Kier alpha value is 0.232. The Bertz CT molecular complexity index is 145. The molecule has 0 heterocycles. The molecule has 0 saturated heterocycles. The fourth-order valence-electron chi connectivity index (χ4n) is 1.95. The van der Waals surface area contributed by atoms with Crippen molar-refractivity contribution in [3.63, 3.8) is 0 Å². The molecule has 0 aliphatic heterocycles. The van der Waals surface area contributed by atoms with E-state index >= 15 is 0 Å². The molecule has 0 bridgehead atoms. The smallest absolute Gasteiger partial charge is 0.370 e. The summed E-state index contributed by atoms with van der Waals surface area (Å²) in [4.78, 5) is 0. The number of rotatable bonds is 9. The summed E-state index contributed by atoms with van der Waals surface area (Å²) >= 11 is -0.676. The molecule has 0 aromatic rings. The van der Waals surface area contributed by atoms with E-state index in [1.54, 1.807) is 0 Å². The molecule has 0 unspecified atom stereocenters. The van der Waals surface area contributed by atoms with Crippen LogP contribution in [0.15, 0.2) is 12.7 Å². The molecule has 0 aliphatic carbocycles. The van der Waals surface area contributed by atoms with E-state index in [9.17, 15) is 0 Å². The molecule has 2 heteroatoms. The summed E-state index contributed by atoms with van der Waals surface area (Å²) in [6.45, 7) is 14.3. The topological polar surface area (TPSA) is 12.0 Å². The molecule has 88 valence electrons. The van der Waals surface area contributed by atoms with E-state index in [2.05, 4.69) is 38.6 Å². The van der Waals surface area contributed by atoms with Gasteiger partial charge in [-0.1, -0.05) is 56.2 Å². The maximum atomic E-state index is 3.81. The van der Waals surface area contributed by atoms with Gasteiger partial charge in [0.1, 0.15) is 0 Å². The summed E-state index contributed by atoms with van der Waals surface area (Å²) in [7, 11) is 0. The Balaban J connectivity index is 3.74. The van der Waals surface area contributed by atoms with Gasteiger partial charge in [-0.25, -0.2) is 0 Å². The third kappa shape index (κ3) is 10.5. The van der Waals surface area contributed by atoms with Crippen molar-refractivity contribution in [2.75, 3.05) is 6.54 Å². The van der Waals surface area contributed by atoms with Crippen LogP contribution in [0.2, 0.25) is 10.6 Å². The summed E-state index contributed by atoms with van der Waals surface area (Å²) in [6, 6.07) is 0. The van der Waals surface area contributed by atoms with Crippen LogP contribution in [0.1, 0.15) is 40.5 Å². The van der Waals surface area contributed by atoms with Gasteiger partial charge in [0, 0.05) is 0 Å². The van der Waals surface area contributed by atoms with Crippen molar-refractivity contribution in [1.29, 1.82) is 0 Å². The van der Waals surface area contributed by atoms with E-state index in [4.69, 9.17) is 0 Å². The molecule has 0 aromatic carbocycles. The first kappa shape index (κ1) is 15.2. The molecule has 1 N–H and O–H groups in total. The zero-order chi connectivity index (χ0) is 11.7. The first-order valence-electron chi connectivity index (χ1n) is 6.40. The monoisotopic (exact) mass is 225 g/mol. The molecule has 0 spiro atoms. The van der Waals surface area contributed by atoms with E-state index in [1.165, 1.54) is 23.5 Å². The third-order valence-corrected chi connectivity index (χ3v) is 6.42. The molecule has 1 nitrogen and oxygen atoms in total. The number of nitrogens with one attached hydrogen (secondary N) is 1. The highest BCUT2D eigenvalue weighted by atomic mass is 27.2. The van der Waals surface area contributed by atoms with Crippen LogP contribution in [0.25, 0.3) is 0 Å². The fourth-order valence-corrected chi connectivity index (χ4v) is 5.37. The minimum atomic E-state index is -0.676. The lowest BCUT2D eigenvalue weighted by Gasteiger charge is -2.17. The van der Waals surface area contributed by atoms with Gasteiger partial charge in [0.15, 0.2) is 0 Å². The number of hydrogen-bond donors (Lipinski definition) is 1. The van der Waals surface area contributed by atoms with Gasteiger partial charge in [-0.05, 0) is 19.4 Å². The second-order valence-electron chi connectivity index (χ2n) is 5.34. The van der Waals surface area contributed by atoms with Crippen LogP contribution in [0.3, 0.4) is 0 Å². The molecular weight excluding hydrogens is 197 g/mol. The number of hydrogen-bond acceptors (Lipinski definition) is 1. The fraction of sp³-hybridized carbons (Fsp3) is 0.846. The van der Waals surface area contributed by atoms with Gasteiger partial charge >= 0.3 is 14.4 Å². The summed E-state index contributed by atoms with van der Waals surface area (Å²) in [5.74, 6) is 1.71. The predicted molar refractivity (Wildman–Crippen MR) is 72.5 cm³/mol. The second-order valence-corrected chi connectivity index (χ2v) is 8.09. The zero-order valence-corrected chi connectivity index (χ0v) is 12.2. The van der Waals surface area contributed by atoms with E-state index in [-0.39, 0.29) is 0 Å². The van der Waals surface area contributed by atoms with Gasteiger partial charge in [-0.15, -0.1) is 6.58 Å². The Labute approximate surface area is 101 Å². The molecule has 0 fully saturated rings. The maximum absolute atomic E-state index is 3.81. The van der Waals surface area contributed by atoms with Crippen molar-refractivity contribution in [2.45, 2.75) is 51.1 Å². The standard InChI is InChI=1S/C5H10N.2C4H9.Al/c1-2-3-4-5-6;2*1-4(2)3;/h2,6H,1,3-5H2;2*4H,1H2,2-3H3;/q-1;;;+1. The summed E-state index contributed by atoms with van der Waals surface area (Å²) in [6.07, 6.45) is 4.42. The Kier molecular flexibility index (Phi) is 9.60. The first-order valence-corrected chi connectivity index (χ1v) is 8.61. The van der Waals surface area contributed by atoms with E-state index in [1.807, 2.05) is 6.08 Å². The van der Waals surface area contributed by atoms with Crippen molar-refractivity contribution >= 4 is 14.4 Å². The molecule has 0 saturated carbocycles. The minimum Gasteiger partial charge on any atom is -0.399 e. The van der Waals surface area contributed by atoms with Crippen molar-refractivity contribution in [3.8, 4) is 0 Å². The van der Waals surface area contributed by atoms with Gasteiger partial charge in [-0.3, -0.25) is 0 Å². The normalized spacial score (nSPS) is 11.1. The van der Waals surface area contributed by atoms with Crippen molar-refractivity contribution in [1.82, 2.24) is 4.30 Å². The van der Waals surface area contributed by atoms with Gasteiger partial charge in [0.25, 0.3) is 0 Å². The molecule has 15 heavy (non-hydrogen) atoms. The lowest BCUT2D eigenvalue weighted by atomic mass is 10.3. The van der Waals surface area contributed by atoms with E-state index in [0.29, 0.717) is 0 Å². The quantitative estimate of drug-likeness (QED) is 0.357. The van der Waals surface area contributed by atoms with Crippen molar-refractivity contribution < 1.29 is 0 Å². The number of unbranched alkanes of at least 4 members (excludes halogenated alkanes) is 1. The van der Waals surface area contributed by atoms with Gasteiger partial charge < -0.3 is 4.30 Å². The molecule has 0 amide bonds. The molecular formula is C13H28AlN. The van der Waals surface area contributed by atoms with Crippen LogP contribution in [-0.4, -0.2) is 20.9 Å². The highest BCUT2D eigenvalue weighted by Crippen LogP contribution is 2.12. The summed E-state index contributed by atoms with van der Waals surface area (Å²) < 4.78 is 3.81. The van der Waals surface area contributed by atoms with Crippen molar-refractivity contribution in [2.24, 2.45) is 11.8 Å². The minimum absolute atomic E-state index is 0.676. The van der Waals surface area contributed by atoms with Crippen LogP contribution in [0, 0.1) is 11.8 Å². The molecule has 0 aromatic heterocycles. The lowest BCUT2D eigenvalue weighted by Crippen LogP contribution is -2.36. The lowest BCUT2D eigenvalue weighted by molar-refractivity contribution is 0.668. The van der Waals surface area contributed by atoms with E-state index in [0.717, 1.165) is 18.3 Å². The largest absolute Gasteiger partial charge is 0.399 e. The first-order chi connectivity index (χ1) is 7.06. The molecule has 0 rings (SSSR count). The van der Waals surface area contributed by atoms with Crippen molar-refractivity contribution in [3.05, 3.63) is 12.7 Å². The van der Waals surface area contributed by atoms with Crippen LogP contribution in [-0.2, 0) is 0 Å². The second kappa shape index (κ2) is 9.46. The van der Waals surface area contributed by atoms with Gasteiger partial charge in [-0.2, -0.15) is 0 Å². The number of allylic oxidation sites excluding steroid dienone is 1. The predicted octanol–water partition coefficient (Wildman–Crippen LogP) is 3.85. The van der Waals surface area contributed by atoms with E-state index < -0.39 is 14.4 Å².